The lowest BCUT2D eigenvalue weighted by molar-refractivity contribution is 1.02. The molecule has 0 bridgehead atoms. The highest BCUT2D eigenvalue weighted by molar-refractivity contribution is 7.27. The summed E-state index contributed by atoms with van der Waals surface area (Å²) in [5, 5.41) is 2.35. The van der Waals surface area contributed by atoms with Gasteiger partial charge in [0.2, 0.25) is 0 Å². The number of nitrogens with zero attached hydrogens (tertiary/aromatic N) is 6. The minimum Gasteiger partial charge on any atom is -0.209 e. The molecule has 7 heteroatoms. The van der Waals surface area contributed by atoms with Crippen molar-refractivity contribution in [1.82, 2.24) is 29.9 Å². The van der Waals surface area contributed by atoms with E-state index >= 15 is 0 Å². The van der Waals surface area contributed by atoms with E-state index in [1.807, 2.05) is 122 Å². The number of thiophene rings is 1. The van der Waals surface area contributed by atoms with E-state index in [1.165, 1.54) is 20.2 Å². The highest BCUT2D eigenvalue weighted by Gasteiger charge is 2.21. The Morgan fingerprint density at radius 2 is 1.13 bits per heavy atom. The summed E-state index contributed by atoms with van der Waals surface area (Å²) in [6, 6.07) is 46.3. The molecular weight excluding hydrogens is 837 g/mol. The number of hydrogen-bond acceptors (Lipinski definition) is 7. The van der Waals surface area contributed by atoms with E-state index in [0.29, 0.717) is 34.9 Å². The molecular formula is C60H46N6S. The maximum atomic E-state index is 5.10. The molecule has 0 N–H and O–H groups in total. The highest BCUT2D eigenvalue weighted by atomic mass is 32.1. The Bertz CT molecular complexity index is 3540. The molecule has 6 aromatic carbocycles. The van der Waals surface area contributed by atoms with Crippen LogP contribution in [0.1, 0.15) is 50.0 Å². The Labute approximate surface area is 395 Å². The van der Waals surface area contributed by atoms with Gasteiger partial charge in [0.05, 0.1) is 0 Å². The molecule has 0 saturated heterocycles. The van der Waals surface area contributed by atoms with E-state index in [0.717, 1.165) is 73.2 Å². The molecule has 0 amide bonds. The lowest BCUT2D eigenvalue weighted by Crippen LogP contribution is -2.02. The van der Waals surface area contributed by atoms with Crippen molar-refractivity contribution in [3.8, 4) is 67.8 Å². The standard InChI is InChI=1S/C60H46N6S/c1-5-8-23-39(4)55-61-56(40-26-15-11-16-27-40)64-59(62-55)47-33-20-31-45(37-47)51-38-43(22-6-2)48(7-3)52-50-35-21-34-49(53(50)67-54(51)52)44-30-19-32-46(36-44)60-65-57(41-24-13-9-10-14-25-41)63-58(66-60)42-28-17-12-18-29-42/h5-24,26-38H,3,25H2,1-2,4H3/b8-5-,22-6-,39-23+. The molecule has 1 aliphatic carbocycles. The van der Waals surface area contributed by atoms with Gasteiger partial charge >= 0.3 is 0 Å². The van der Waals surface area contributed by atoms with Gasteiger partial charge in [-0.25, -0.2) is 29.9 Å². The van der Waals surface area contributed by atoms with Crippen molar-refractivity contribution >= 4 is 54.8 Å². The smallest absolute Gasteiger partial charge is 0.164 e. The minimum absolute atomic E-state index is 0.617. The molecule has 0 radical (unpaired) electrons. The fraction of sp³-hybridized carbons (Fsp3) is 0.0667. The highest BCUT2D eigenvalue weighted by Crippen LogP contribution is 2.47. The molecule has 0 saturated carbocycles. The quantitative estimate of drug-likeness (QED) is 0.120. The van der Waals surface area contributed by atoms with E-state index < -0.39 is 0 Å². The molecule has 0 aliphatic heterocycles. The zero-order valence-electron chi connectivity index (χ0n) is 37.6. The van der Waals surface area contributed by atoms with Gasteiger partial charge in [-0.1, -0.05) is 189 Å². The van der Waals surface area contributed by atoms with Crippen LogP contribution in [0, 0.1) is 0 Å². The zero-order valence-corrected chi connectivity index (χ0v) is 38.4. The van der Waals surface area contributed by atoms with Gasteiger partial charge in [0, 0.05) is 53.6 Å². The molecule has 3 heterocycles. The minimum atomic E-state index is 0.617. The number of hydrogen-bond donors (Lipinski definition) is 0. The Morgan fingerprint density at radius 3 is 1.79 bits per heavy atom. The maximum Gasteiger partial charge on any atom is 0.164 e. The molecule has 1 aliphatic rings. The molecule has 3 aromatic heterocycles. The normalized spacial score (nSPS) is 12.9. The number of aromatic nitrogens is 6. The monoisotopic (exact) mass is 882 g/mol. The second-order valence-electron chi connectivity index (χ2n) is 16.2. The summed E-state index contributed by atoms with van der Waals surface area (Å²) in [5.41, 5.74) is 12.3. The Morgan fingerprint density at radius 1 is 0.552 bits per heavy atom. The Hall–Kier alpha value is -8.26. The second kappa shape index (κ2) is 19.1. The third kappa shape index (κ3) is 8.68. The lowest BCUT2D eigenvalue weighted by atomic mass is 9.92. The molecule has 322 valence electrons. The van der Waals surface area contributed by atoms with Gasteiger partial charge in [-0.15, -0.1) is 11.3 Å². The van der Waals surface area contributed by atoms with E-state index in [-0.39, 0.29) is 0 Å². The third-order valence-corrected chi connectivity index (χ3v) is 13.0. The molecule has 6 nitrogen and oxygen atoms in total. The topological polar surface area (TPSA) is 77.3 Å². The van der Waals surface area contributed by atoms with Gasteiger partial charge in [-0.05, 0) is 78.8 Å². The first-order valence-corrected chi connectivity index (χ1v) is 23.3. The summed E-state index contributed by atoms with van der Waals surface area (Å²) in [7, 11) is 0. The fourth-order valence-electron chi connectivity index (χ4n) is 8.47. The molecule has 9 aromatic rings. The molecule has 67 heavy (non-hydrogen) atoms. The fourth-order valence-corrected chi connectivity index (χ4v) is 9.86. The van der Waals surface area contributed by atoms with Crippen molar-refractivity contribution in [3.05, 3.63) is 217 Å². The summed E-state index contributed by atoms with van der Waals surface area (Å²) >= 11 is 1.81. The van der Waals surface area contributed by atoms with Crippen molar-refractivity contribution in [1.29, 1.82) is 0 Å². The first-order valence-electron chi connectivity index (χ1n) is 22.4. The van der Waals surface area contributed by atoms with E-state index in [4.69, 9.17) is 29.9 Å². The summed E-state index contributed by atoms with van der Waals surface area (Å²) < 4.78 is 2.37. The SMILES string of the molecule is C=Cc1c(/C=C\C)cc(-c2cccc(-c3nc(/C(C)=C/C=C\C)nc(-c4ccccc4)n3)c2)c2sc3c(-c4cccc(-c5nc(C6=CC=CC=CC6)nc(-c6ccccc6)n5)c4)cccc3c12. The number of rotatable bonds is 11. The van der Waals surface area contributed by atoms with Crippen molar-refractivity contribution < 1.29 is 0 Å². The van der Waals surface area contributed by atoms with Gasteiger partial charge in [0.1, 0.15) is 0 Å². The van der Waals surface area contributed by atoms with E-state index in [1.54, 1.807) is 0 Å². The van der Waals surface area contributed by atoms with Crippen LogP contribution in [0.5, 0.6) is 0 Å². The van der Waals surface area contributed by atoms with Gasteiger partial charge < -0.3 is 0 Å². The number of fused-ring (bicyclic) bond motifs is 3. The predicted molar refractivity (Wildman–Crippen MR) is 283 cm³/mol. The third-order valence-electron chi connectivity index (χ3n) is 11.8. The van der Waals surface area contributed by atoms with Gasteiger partial charge in [0.25, 0.3) is 0 Å². The van der Waals surface area contributed by atoms with Gasteiger partial charge in [0.15, 0.2) is 34.9 Å². The van der Waals surface area contributed by atoms with Crippen molar-refractivity contribution in [2.24, 2.45) is 0 Å². The number of benzene rings is 6. The summed E-state index contributed by atoms with van der Waals surface area (Å²) in [5.74, 6) is 3.83. The van der Waals surface area contributed by atoms with Crippen LogP contribution in [0.25, 0.3) is 111 Å². The molecule has 0 atom stereocenters. The maximum absolute atomic E-state index is 5.10. The van der Waals surface area contributed by atoms with Crippen LogP contribution in [0.4, 0.5) is 0 Å². The van der Waals surface area contributed by atoms with E-state index in [2.05, 4.69) is 117 Å². The van der Waals surface area contributed by atoms with E-state index in [9.17, 15) is 0 Å². The Kier molecular flexibility index (Phi) is 12.1. The van der Waals surface area contributed by atoms with Crippen LogP contribution in [0.15, 0.2) is 195 Å². The van der Waals surface area contributed by atoms with Crippen LogP contribution >= 0.6 is 11.3 Å². The predicted octanol–water partition coefficient (Wildman–Crippen LogP) is 16.0. The van der Waals surface area contributed by atoms with Crippen LogP contribution < -0.4 is 0 Å². The summed E-state index contributed by atoms with van der Waals surface area (Å²) in [6.07, 6.45) is 23.4. The van der Waals surface area contributed by atoms with Crippen molar-refractivity contribution in [2.75, 3.05) is 0 Å². The van der Waals surface area contributed by atoms with Crippen LogP contribution in [-0.2, 0) is 0 Å². The Balaban J connectivity index is 1.13. The van der Waals surface area contributed by atoms with Crippen LogP contribution in [-0.4, -0.2) is 29.9 Å². The average molecular weight is 883 g/mol. The van der Waals surface area contributed by atoms with Crippen molar-refractivity contribution in [3.63, 3.8) is 0 Å². The first-order chi connectivity index (χ1) is 33.0. The van der Waals surface area contributed by atoms with Crippen molar-refractivity contribution in [2.45, 2.75) is 27.2 Å². The summed E-state index contributed by atoms with van der Waals surface area (Å²) in [6.45, 7) is 10.4. The first kappa shape index (κ1) is 42.7. The average Bonchev–Trinajstić information content (AvgIpc) is 3.56. The van der Waals surface area contributed by atoms with Crippen LogP contribution in [0.2, 0.25) is 0 Å². The zero-order chi connectivity index (χ0) is 45.7. The van der Waals surface area contributed by atoms with Crippen LogP contribution in [0.3, 0.4) is 0 Å². The second-order valence-corrected chi connectivity index (χ2v) is 17.2. The van der Waals surface area contributed by atoms with Gasteiger partial charge in [-0.2, -0.15) is 0 Å². The molecule has 0 fully saturated rings. The number of allylic oxidation sites excluding steroid dienone is 11. The summed E-state index contributed by atoms with van der Waals surface area (Å²) in [4.78, 5) is 30.2. The lowest BCUT2D eigenvalue weighted by Gasteiger charge is -2.12. The van der Waals surface area contributed by atoms with Gasteiger partial charge in [-0.3, -0.25) is 0 Å². The molecule has 0 spiro atoms. The molecule has 0 unspecified atom stereocenters. The molecule has 10 rings (SSSR count). The largest absolute Gasteiger partial charge is 0.209 e.